The lowest BCUT2D eigenvalue weighted by Crippen LogP contribution is -2.48. The van der Waals surface area contributed by atoms with Gasteiger partial charge in [-0.2, -0.15) is 0 Å². The minimum Gasteiger partial charge on any atom is -0.397 e. The third-order valence-corrected chi connectivity index (χ3v) is 3.27. The van der Waals surface area contributed by atoms with E-state index in [1.807, 2.05) is 19.1 Å². The van der Waals surface area contributed by atoms with Crippen LogP contribution >= 0.6 is 0 Å². The lowest BCUT2D eigenvalue weighted by Gasteiger charge is -2.29. The van der Waals surface area contributed by atoms with E-state index in [1.54, 1.807) is 6.07 Å². The molecule has 0 bridgehead atoms. The highest BCUT2D eigenvalue weighted by Gasteiger charge is 2.32. The molecule has 1 aliphatic heterocycles. The van der Waals surface area contributed by atoms with Crippen LogP contribution in [-0.4, -0.2) is 29.8 Å². The van der Waals surface area contributed by atoms with Crippen molar-refractivity contribution in [3.05, 3.63) is 23.8 Å². The number of aryl methyl sites for hydroxylation is 1. The van der Waals surface area contributed by atoms with Crippen LogP contribution in [0.2, 0.25) is 0 Å². The van der Waals surface area contributed by atoms with Crippen LogP contribution in [0.1, 0.15) is 18.4 Å². The summed E-state index contributed by atoms with van der Waals surface area (Å²) in [5, 5.41) is 3.15. The van der Waals surface area contributed by atoms with Crippen molar-refractivity contribution in [3.8, 4) is 0 Å². The molecule has 1 aliphatic rings. The maximum absolute atomic E-state index is 12.0. The van der Waals surface area contributed by atoms with Crippen LogP contribution in [-0.2, 0) is 9.59 Å². The summed E-state index contributed by atoms with van der Waals surface area (Å²) in [4.78, 5) is 24.5. The van der Waals surface area contributed by atoms with Gasteiger partial charge in [0.2, 0.25) is 5.91 Å². The molecule has 1 aromatic carbocycles. The van der Waals surface area contributed by atoms with Gasteiger partial charge in [-0.15, -0.1) is 0 Å². The number of anilines is 2. The number of amides is 2. The van der Waals surface area contributed by atoms with Crippen LogP contribution in [0, 0.1) is 6.92 Å². The maximum Gasteiger partial charge on any atom is 0.251 e. The fourth-order valence-electron chi connectivity index (χ4n) is 2.11. The van der Waals surface area contributed by atoms with Crippen molar-refractivity contribution >= 4 is 23.2 Å². The first-order chi connectivity index (χ1) is 8.50. The average molecular weight is 247 g/mol. The fourth-order valence-corrected chi connectivity index (χ4v) is 2.11. The lowest BCUT2D eigenvalue weighted by molar-refractivity contribution is -0.146. The van der Waals surface area contributed by atoms with Gasteiger partial charge in [-0.1, -0.05) is 12.1 Å². The molecule has 0 aliphatic carbocycles. The van der Waals surface area contributed by atoms with Crippen molar-refractivity contribution in [3.63, 3.8) is 0 Å². The molecule has 1 fully saturated rings. The Bertz CT molecular complexity index is 479. The Labute approximate surface area is 106 Å². The number of imide groups is 1. The predicted molar refractivity (Wildman–Crippen MR) is 70.0 cm³/mol. The van der Waals surface area contributed by atoms with Gasteiger partial charge >= 0.3 is 0 Å². The summed E-state index contributed by atoms with van der Waals surface area (Å²) in [6.45, 7) is 1.93. The molecular weight excluding hydrogens is 230 g/mol. The Morgan fingerprint density at radius 3 is 2.78 bits per heavy atom. The van der Waals surface area contributed by atoms with Gasteiger partial charge in [0.25, 0.3) is 5.91 Å². The number of benzene rings is 1. The molecule has 1 heterocycles. The molecule has 0 saturated carbocycles. The summed E-state index contributed by atoms with van der Waals surface area (Å²) in [5.41, 5.74) is 8.27. The first-order valence-electron chi connectivity index (χ1n) is 5.92. The van der Waals surface area contributed by atoms with Crippen molar-refractivity contribution in [1.29, 1.82) is 0 Å². The minimum atomic E-state index is -0.379. The molecule has 3 N–H and O–H groups in total. The van der Waals surface area contributed by atoms with Crippen molar-refractivity contribution < 1.29 is 9.59 Å². The second-order valence-corrected chi connectivity index (χ2v) is 4.57. The van der Waals surface area contributed by atoms with Gasteiger partial charge in [0.05, 0.1) is 11.4 Å². The summed E-state index contributed by atoms with van der Waals surface area (Å²) in [7, 11) is 1.51. The molecular formula is C13H17N3O2. The molecule has 1 aromatic rings. The highest BCUT2D eigenvalue weighted by atomic mass is 16.2. The number of carbonyl (C=O) groups excluding carboxylic acids is 2. The number of carbonyl (C=O) groups is 2. The summed E-state index contributed by atoms with van der Waals surface area (Å²) in [5.74, 6) is -0.329. The standard InChI is InChI=1S/C13H17N3O2/c1-8-4-3-5-9(14)12(8)15-10-6-7-11(17)16(2)13(10)18/h3-5,10,15H,6-7,14H2,1-2H3. The van der Waals surface area contributed by atoms with E-state index in [0.717, 1.165) is 11.3 Å². The SMILES string of the molecule is Cc1cccc(N)c1NC1CCC(=O)N(C)C1=O. The van der Waals surface area contributed by atoms with E-state index in [4.69, 9.17) is 5.73 Å². The molecule has 96 valence electrons. The lowest BCUT2D eigenvalue weighted by atomic mass is 10.0. The molecule has 18 heavy (non-hydrogen) atoms. The average Bonchev–Trinajstić information content (AvgIpc) is 2.34. The normalized spacial score (nSPS) is 20.1. The fraction of sp³-hybridized carbons (Fsp3) is 0.385. The first kappa shape index (κ1) is 12.4. The highest BCUT2D eigenvalue weighted by molar-refractivity contribution is 6.01. The second kappa shape index (κ2) is 4.68. The Kier molecular flexibility index (Phi) is 3.23. The van der Waals surface area contributed by atoms with Gasteiger partial charge < -0.3 is 11.1 Å². The summed E-state index contributed by atoms with van der Waals surface area (Å²) >= 11 is 0. The van der Waals surface area contributed by atoms with Crippen LogP contribution in [0.3, 0.4) is 0 Å². The van der Waals surface area contributed by atoms with E-state index in [1.165, 1.54) is 11.9 Å². The monoisotopic (exact) mass is 247 g/mol. The molecule has 0 aromatic heterocycles. The topological polar surface area (TPSA) is 75.4 Å². The highest BCUT2D eigenvalue weighted by Crippen LogP contribution is 2.25. The van der Waals surface area contributed by atoms with E-state index in [2.05, 4.69) is 5.32 Å². The molecule has 5 nitrogen and oxygen atoms in total. The first-order valence-corrected chi connectivity index (χ1v) is 5.92. The number of likely N-dealkylation sites (N-methyl/N-ethyl adjacent to an activating group) is 1. The maximum atomic E-state index is 12.0. The number of likely N-dealkylation sites (tertiary alicyclic amines) is 1. The van der Waals surface area contributed by atoms with Gasteiger partial charge in [0.1, 0.15) is 6.04 Å². The molecule has 5 heteroatoms. The molecule has 2 amide bonds. The Morgan fingerprint density at radius 2 is 2.11 bits per heavy atom. The largest absolute Gasteiger partial charge is 0.397 e. The predicted octanol–water partition coefficient (Wildman–Crippen LogP) is 1.14. The van der Waals surface area contributed by atoms with E-state index < -0.39 is 0 Å². The van der Waals surface area contributed by atoms with Crippen LogP contribution in [0.5, 0.6) is 0 Å². The zero-order valence-corrected chi connectivity index (χ0v) is 10.6. The number of nitrogens with two attached hydrogens (primary N) is 1. The Balaban J connectivity index is 2.19. The van der Waals surface area contributed by atoms with Crippen LogP contribution < -0.4 is 11.1 Å². The molecule has 0 spiro atoms. The van der Waals surface area contributed by atoms with Crippen LogP contribution in [0.4, 0.5) is 11.4 Å². The number of para-hydroxylation sites is 1. The van der Waals surface area contributed by atoms with E-state index in [-0.39, 0.29) is 17.9 Å². The van der Waals surface area contributed by atoms with Crippen molar-refractivity contribution in [2.24, 2.45) is 0 Å². The van der Waals surface area contributed by atoms with Crippen molar-refractivity contribution in [2.75, 3.05) is 18.1 Å². The number of hydrogen-bond acceptors (Lipinski definition) is 4. The number of nitrogens with one attached hydrogen (secondary N) is 1. The number of piperidine rings is 1. The molecule has 0 radical (unpaired) electrons. The third-order valence-electron chi connectivity index (χ3n) is 3.27. The Morgan fingerprint density at radius 1 is 1.39 bits per heavy atom. The van der Waals surface area contributed by atoms with Gasteiger partial charge in [0, 0.05) is 13.5 Å². The number of rotatable bonds is 2. The minimum absolute atomic E-state index is 0.129. The van der Waals surface area contributed by atoms with Crippen molar-refractivity contribution in [1.82, 2.24) is 4.90 Å². The van der Waals surface area contributed by atoms with Gasteiger partial charge in [-0.05, 0) is 25.0 Å². The van der Waals surface area contributed by atoms with Crippen LogP contribution in [0.25, 0.3) is 0 Å². The molecule has 1 unspecified atom stereocenters. The Hall–Kier alpha value is -2.04. The van der Waals surface area contributed by atoms with Gasteiger partial charge in [-0.25, -0.2) is 0 Å². The smallest absolute Gasteiger partial charge is 0.251 e. The zero-order chi connectivity index (χ0) is 13.3. The van der Waals surface area contributed by atoms with Gasteiger partial charge in [0.15, 0.2) is 0 Å². The van der Waals surface area contributed by atoms with Crippen LogP contribution in [0.15, 0.2) is 18.2 Å². The summed E-state index contributed by atoms with van der Waals surface area (Å²) in [6.07, 6.45) is 0.890. The van der Waals surface area contributed by atoms with E-state index >= 15 is 0 Å². The number of hydrogen-bond donors (Lipinski definition) is 2. The number of nitrogens with zero attached hydrogens (tertiary/aromatic N) is 1. The number of nitrogen functional groups attached to an aromatic ring is 1. The summed E-state index contributed by atoms with van der Waals surface area (Å²) in [6, 6.07) is 5.21. The van der Waals surface area contributed by atoms with Crippen molar-refractivity contribution in [2.45, 2.75) is 25.8 Å². The quantitative estimate of drug-likeness (QED) is 0.607. The second-order valence-electron chi connectivity index (χ2n) is 4.57. The van der Waals surface area contributed by atoms with Gasteiger partial charge in [-0.3, -0.25) is 14.5 Å². The molecule has 1 saturated heterocycles. The van der Waals surface area contributed by atoms with E-state index in [0.29, 0.717) is 18.5 Å². The molecule has 2 rings (SSSR count). The van der Waals surface area contributed by atoms with E-state index in [9.17, 15) is 9.59 Å². The third kappa shape index (κ3) is 2.16. The summed E-state index contributed by atoms with van der Waals surface area (Å²) < 4.78 is 0. The zero-order valence-electron chi connectivity index (χ0n) is 10.6. The molecule has 1 atom stereocenters.